The Morgan fingerprint density at radius 2 is 1.69 bits per heavy atom. The molecule has 154 valence electrons. The molecule has 3 nitrogen and oxygen atoms in total. The van der Waals surface area contributed by atoms with Crippen molar-refractivity contribution in [2.24, 2.45) is 5.92 Å². The van der Waals surface area contributed by atoms with Crippen molar-refractivity contribution in [3.8, 4) is 5.75 Å². The molecule has 0 amide bonds. The lowest BCUT2D eigenvalue weighted by molar-refractivity contribution is 0.0915. The molecule has 1 saturated heterocycles. The SMILES string of the molecule is COc1ccc([C@@H]2CN(C)C[C@@H]2C(=O)c2ccc(C3CCCCC3)cc2)cc1Cl. The minimum absolute atomic E-state index is 0.0509. The smallest absolute Gasteiger partial charge is 0.167 e. The highest BCUT2D eigenvalue weighted by Gasteiger charge is 2.37. The number of rotatable bonds is 5. The Morgan fingerprint density at radius 3 is 2.34 bits per heavy atom. The molecule has 2 aromatic rings. The number of ketones is 1. The predicted molar refractivity (Wildman–Crippen MR) is 118 cm³/mol. The fourth-order valence-electron chi connectivity index (χ4n) is 5.09. The van der Waals surface area contributed by atoms with E-state index >= 15 is 0 Å². The minimum atomic E-state index is -0.0509. The van der Waals surface area contributed by atoms with Crippen LogP contribution in [0.1, 0.15) is 65.4 Å². The summed E-state index contributed by atoms with van der Waals surface area (Å²) in [5.41, 5.74) is 3.33. The van der Waals surface area contributed by atoms with E-state index in [2.05, 4.69) is 24.1 Å². The first-order valence-corrected chi connectivity index (χ1v) is 11.1. The standard InChI is InChI=1S/C25H30ClNO2/c1-27-15-21(20-12-13-24(29-2)23(26)14-20)22(16-27)25(28)19-10-8-18(9-11-19)17-6-4-3-5-7-17/h8-14,17,21-22H,3-7,15-16H2,1-2H3/t21-,22-/m0/s1. The summed E-state index contributed by atoms with van der Waals surface area (Å²) >= 11 is 6.36. The number of likely N-dealkylation sites (tertiary alicyclic amines) is 1. The van der Waals surface area contributed by atoms with E-state index in [4.69, 9.17) is 16.3 Å². The third-order valence-corrected chi connectivity index (χ3v) is 7.01. The van der Waals surface area contributed by atoms with Gasteiger partial charge in [0.25, 0.3) is 0 Å². The topological polar surface area (TPSA) is 29.5 Å². The number of carbonyl (C=O) groups is 1. The van der Waals surface area contributed by atoms with Crippen LogP contribution in [0.5, 0.6) is 5.75 Å². The van der Waals surface area contributed by atoms with Gasteiger partial charge >= 0.3 is 0 Å². The number of hydrogen-bond acceptors (Lipinski definition) is 3. The Kier molecular flexibility index (Phi) is 6.26. The van der Waals surface area contributed by atoms with Crippen LogP contribution in [0, 0.1) is 5.92 Å². The summed E-state index contributed by atoms with van der Waals surface area (Å²) in [5.74, 6) is 1.67. The molecule has 1 aliphatic carbocycles. The van der Waals surface area contributed by atoms with E-state index < -0.39 is 0 Å². The lowest BCUT2D eigenvalue weighted by atomic mass is 9.82. The molecule has 0 N–H and O–H groups in total. The zero-order valence-corrected chi connectivity index (χ0v) is 18.1. The minimum Gasteiger partial charge on any atom is -0.495 e. The molecule has 1 saturated carbocycles. The third kappa shape index (κ3) is 4.36. The summed E-state index contributed by atoms with van der Waals surface area (Å²) < 4.78 is 5.28. The van der Waals surface area contributed by atoms with Gasteiger partial charge in [-0.05, 0) is 49.1 Å². The molecule has 0 radical (unpaired) electrons. The molecule has 2 aliphatic rings. The first kappa shape index (κ1) is 20.4. The van der Waals surface area contributed by atoms with Gasteiger partial charge in [-0.1, -0.05) is 61.2 Å². The van der Waals surface area contributed by atoms with Crippen molar-refractivity contribution in [3.63, 3.8) is 0 Å². The number of hydrogen-bond donors (Lipinski definition) is 0. The van der Waals surface area contributed by atoms with Gasteiger partial charge in [0.15, 0.2) is 5.78 Å². The molecule has 1 aliphatic heterocycles. The average Bonchev–Trinajstić information content (AvgIpc) is 3.15. The molecule has 0 bridgehead atoms. The molecule has 29 heavy (non-hydrogen) atoms. The largest absolute Gasteiger partial charge is 0.495 e. The van der Waals surface area contributed by atoms with Crippen LogP contribution in [0.4, 0.5) is 0 Å². The Balaban J connectivity index is 1.54. The lowest BCUT2D eigenvalue weighted by Gasteiger charge is -2.22. The van der Waals surface area contributed by atoms with Gasteiger partial charge in [0.1, 0.15) is 5.75 Å². The van der Waals surface area contributed by atoms with E-state index in [1.54, 1.807) is 7.11 Å². The van der Waals surface area contributed by atoms with Crippen LogP contribution >= 0.6 is 11.6 Å². The first-order valence-electron chi connectivity index (χ1n) is 10.7. The third-order valence-electron chi connectivity index (χ3n) is 6.71. The van der Waals surface area contributed by atoms with Crippen molar-refractivity contribution >= 4 is 17.4 Å². The zero-order chi connectivity index (χ0) is 20.4. The van der Waals surface area contributed by atoms with Crippen molar-refractivity contribution in [1.82, 2.24) is 4.90 Å². The Hall–Kier alpha value is -1.84. The van der Waals surface area contributed by atoms with Gasteiger partial charge in [0.05, 0.1) is 12.1 Å². The van der Waals surface area contributed by atoms with Crippen molar-refractivity contribution < 1.29 is 9.53 Å². The van der Waals surface area contributed by atoms with Crippen LogP contribution in [0.2, 0.25) is 5.02 Å². The van der Waals surface area contributed by atoms with Crippen molar-refractivity contribution in [2.45, 2.75) is 43.9 Å². The molecule has 2 aromatic carbocycles. The fourth-order valence-corrected chi connectivity index (χ4v) is 5.35. The van der Waals surface area contributed by atoms with Crippen LogP contribution < -0.4 is 4.74 Å². The number of benzene rings is 2. The number of nitrogens with zero attached hydrogens (tertiary/aromatic N) is 1. The fraction of sp³-hybridized carbons (Fsp3) is 0.480. The first-order chi connectivity index (χ1) is 14.1. The average molecular weight is 412 g/mol. The van der Waals surface area contributed by atoms with E-state index in [0.29, 0.717) is 16.7 Å². The van der Waals surface area contributed by atoms with Crippen LogP contribution in [0.15, 0.2) is 42.5 Å². The molecule has 4 rings (SSSR count). The second-order valence-electron chi connectivity index (χ2n) is 8.65. The maximum Gasteiger partial charge on any atom is 0.167 e. The summed E-state index contributed by atoms with van der Waals surface area (Å²) in [6.07, 6.45) is 6.57. The van der Waals surface area contributed by atoms with Gasteiger partial charge in [-0.3, -0.25) is 4.79 Å². The molecule has 2 fully saturated rings. The summed E-state index contributed by atoms with van der Waals surface area (Å²) in [4.78, 5) is 15.6. The second kappa shape index (κ2) is 8.89. The van der Waals surface area contributed by atoms with Gasteiger partial charge < -0.3 is 9.64 Å². The van der Waals surface area contributed by atoms with E-state index in [1.165, 1.54) is 37.7 Å². The number of carbonyl (C=O) groups excluding carboxylic acids is 1. The van der Waals surface area contributed by atoms with Crippen LogP contribution in [0.3, 0.4) is 0 Å². The van der Waals surface area contributed by atoms with Gasteiger partial charge in [-0.2, -0.15) is 0 Å². The molecular weight excluding hydrogens is 382 g/mol. The maximum absolute atomic E-state index is 13.4. The monoisotopic (exact) mass is 411 g/mol. The van der Waals surface area contributed by atoms with Gasteiger partial charge in [-0.25, -0.2) is 0 Å². The number of likely N-dealkylation sites (N-methyl/N-ethyl adjacent to an activating group) is 1. The Labute approximate surface area is 179 Å². The summed E-state index contributed by atoms with van der Waals surface area (Å²) in [5, 5.41) is 0.600. The van der Waals surface area contributed by atoms with Crippen molar-refractivity contribution in [1.29, 1.82) is 0 Å². The molecule has 4 heteroatoms. The van der Waals surface area contributed by atoms with E-state index in [-0.39, 0.29) is 17.6 Å². The Morgan fingerprint density at radius 1 is 1.00 bits per heavy atom. The molecule has 0 spiro atoms. The zero-order valence-electron chi connectivity index (χ0n) is 17.4. The van der Waals surface area contributed by atoms with Crippen LogP contribution in [-0.2, 0) is 0 Å². The van der Waals surface area contributed by atoms with E-state index in [9.17, 15) is 4.79 Å². The number of methoxy groups -OCH3 is 1. The molecule has 2 atom stereocenters. The van der Waals surface area contributed by atoms with E-state index in [1.807, 2.05) is 30.3 Å². The number of halogens is 1. The highest BCUT2D eigenvalue weighted by Crippen LogP contribution is 2.38. The van der Waals surface area contributed by atoms with Crippen LogP contribution in [0.25, 0.3) is 0 Å². The predicted octanol–water partition coefficient (Wildman–Crippen LogP) is 5.92. The lowest BCUT2D eigenvalue weighted by Crippen LogP contribution is -2.22. The van der Waals surface area contributed by atoms with E-state index in [0.717, 1.165) is 24.2 Å². The normalized spacial score (nSPS) is 23.3. The van der Waals surface area contributed by atoms with Gasteiger partial charge in [0.2, 0.25) is 0 Å². The molecular formula is C25H30ClNO2. The maximum atomic E-state index is 13.4. The summed E-state index contributed by atoms with van der Waals surface area (Å²) in [7, 11) is 3.70. The van der Waals surface area contributed by atoms with Crippen molar-refractivity contribution in [2.75, 3.05) is 27.2 Å². The highest BCUT2D eigenvalue weighted by molar-refractivity contribution is 6.32. The Bertz CT molecular complexity index is 858. The number of ether oxygens (including phenoxy) is 1. The molecule has 0 aromatic heterocycles. The highest BCUT2D eigenvalue weighted by atomic mass is 35.5. The number of Topliss-reactive ketones (excluding diaryl/α,β-unsaturated/α-hetero) is 1. The molecule has 0 unspecified atom stereocenters. The van der Waals surface area contributed by atoms with Gasteiger partial charge in [0, 0.05) is 30.5 Å². The van der Waals surface area contributed by atoms with Crippen LogP contribution in [-0.4, -0.2) is 37.9 Å². The van der Waals surface area contributed by atoms with Gasteiger partial charge in [-0.15, -0.1) is 0 Å². The second-order valence-corrected chi connectivity index (χ2v) is 9.06. The molecule has 1 heterocycles. The van der Waals surface area contributed by atoms with Crippen molar-refractivity contribution in [3.05, 3.63) is 64.2 Å². The summed E-state index contributed by atoms with van der Waals surface area (Å²) in [6.45, 7) is 1.64. The summed E-state index contributed by atoms with van der Waals surface area (Å²) in [6, 6.07) is 14.3. The quantitative estimate of drug-likeness (QED) is 0.571.